The van der Waals surface area contributed by atoms with E-state index in [1.807, 2.05) is 37.4 Å². The number of hydrogen-bond acceptors (Lipinski definition) is 2. The first-order chi connectivity index (χ1) is 10.1. The Balaban J connectivity index is 1.72. The first kappa shape index (κ1) is 13.9. The molecule has 21 heavy (non-hydrogen) atoms. The van der Waals surface area contributed by atoms with Crippen molar-refractivity contribution < 1.29 is 4.79 Å². The molecule has 0 fully saturated rings. The molecular formula is C17H18N2OS. The molecule has 108 valence electrons. The predicted octanol–water partition coefficient (Wildman–Crippen LogP) is 3.90. The summed E-state index contributed by atoms with van der Waals surface area (Å²) in [6.45, 7) is 4.15. The van der Waals surface area contributed by atoms with Crippen molar-refractivity contribution in [2.75, 3.05) is 0 Å². The van der Waals surface area contributed by atoms with Gasteiger partial charge in [0.15, 0.2) is 0 Å². The Labute approximate surface area is 128 Å². The highest BCUT2D eigenvalue weighted by atomic mass is 32.1. The van der Waals surface area contributed by atoms with Crippen molar-refractivity contribution in [3.8, 4) is 0 Å². The molecule has 4 heteroatoms. The van der Waals surface area contributed by atoms with Gasteiger partial charge in [-0.2, -0.15) is 0 Å². The maximum Gasteiger partial charge on any atom is 0.252 e. The number of aromatic nitrogens is 1. The number of aryl methyl sites for hydroxylation is 1. The number of fused-ring (bicyclic) bond motifs is 1. The van der Waals surface area contributed by atoms with E-state index in [1.165, 1.54) is 9.75 Å². The molecule has 0 saturated heterocycles. The summed E-state index contributed by atoms with van der Waals surface area (Å²) in [6.07, 6.45) is 2.73. The first-order valence-corrected chi connectivity index (χ1v) is 7.87. The third kappa shape index (κ3) is 3.00. The maximum atomic E-state index is 12.4. The summed E-state index contributed by atoms with van der Waals surface area (Å²) in [4.78, 5) is 18.2. The molecule has 2 N–H and O–H groups in total. The van der Waals surface area contributed by atoms with Crippen LogP contribution in [0.4, 0.5) is 0 Å². The minimum absolute atomic E-state index is 0.0130. The monoisotopic (exact) mass is 298 g/mol. The highest BCUT2D eigenvalue weighted by molar-refractivity contribution is 7.11. The zero-order valence-electron chi connectivity index (χ0n) is 12.1. The lowest BCUT2D eigenvalue weighted by Gasteiger charge is -2.13. The molecule has 3 aromatic rings. The second-order valence-electron chi connectivity index (χ2n) is 5.34. The Morgan fingerprint density at radius 1 is 1.29 bits per heavy atom. The summed E-state index contributed by atoms with van der Waals surface area (Å²) in [6, 6.07) is 12.1. The third-order valence-corrected chi connectivity index (χ3v) is 4.54. The van der Waals surface area contributed by atoms with Gasteiger partial charge in [0.25, 0.3) is 5.91 Å². The average Bonchev–Trinajstić information content (AvgIpc) is 3.06. The van der Waals surface area contributed by atoms with Crippen molar-refractivity contribution in [3.63, 3.8) is 0 Å². The summed E-state index contributed by atoms with van der Waals surface area (Å²) in [5, 5.41) is 4.06. The van der Waals surface area contributed by atoms with Gasteiger partial charge in [0.05, 0.1) is 0 Å². The molecular weight excluding hydrogens is 280 g/mol. The van der Waals surface area contributed by atoms with Crippen LogP contribution in [0.3, 0.4) is 0 Å². The molecule has 3 nitrogen and oxygen atoms in total. The number of rotatable bonds is 4. The summed E-state index contributed by atoms with van der Waals surface area (Å²) < 4.78 is 0. The van der Waals surface area contributed by atoms with E-state index in [9.17, 15) is 4.79 Å². The van der Waals surface area contributed by atoms with E-state index in [0.717, 1.165) is 22.9 Å². The van der Waals surface area contributed by atoms with Crippen molar-refractivity contribution in [1.82, 2.24) is 10.3 Å². The van der Waals surface area contributed by atoms with Crippen molar-refractivity contribution in [2.45, 2.75) is 26.3 Å². The smallest absolute Gasteiger partial charge is 0.252 e. The van der Waals surface area contributed by atoms with Gasteiger partial charge in [0.1, 0.15) is 0 Å². The van der Waals surface area contributed by atoms with E-state index in [2.05, 4.69) is 29.4 Å². The normalized spacial score (nSPS) is 12.5. The molecule has 2 heterocycles. The van der Waals surface area contributed by atoms with Gasteiger partial charge in [-0.3, -0.25) is 4.79 Å². The summed E-state index contributed by atoms with van der Waals surface area (Å²) in [7, 11) is 0. The topological polar surface area (TPSA) is 44.9 Å². The van der Waals surface area contributed by atoms with Gasteiger partial charge in [-0.05, 0) is 44.2 Å². The Morgan fingerprint density at radius 2 is 2.14 bits per heavy atom. The zero-order valence-corrected chi connectivity index (χ0v) is 13.0. The fraction of sp³-hybridized carbons (Fsp3) is 0.235. The number of benzene rings is 1. The lowest BCUT2D eigenvalue weighted by atomic mass is 10.1. The molecule has 0 aliphatic carbocycles. The number of hydrogen-bond donors (Lipinski definition) is 2. The van der Waals surface area contributed by atoms with Gasteiger partial charge in [0.2, 0.25) is 0 Å². The van der Waals surface area contributed by atoms with Crippen molar-refractivity contribution in [1.29, 1.82) is 0 Å². The van der Waals surface area contributed by atoms with E-state index in [1.54, 1.807) is 11.3 Å². The molecule has 1 unspecified atom stereocenters. The lowest BCUT2D eigenvalue weighted by Crippen LogP contribution is -2.33. The van der Waals surface area contributed by atoms with Crippen LogP contribution in [0, 0.1) is 6.92 Å². The average molecular weight is 298 g/mol. The summed E-state index contributed by atoms with van der Waals surface area (Å²) >= 11 is 1.79. The van der Waals surface area contributed by atoms with E-state index in [-0.39, 0.29) is 11.9 Å². The Hall–Kier alpha value is -2.07. The fourth-order valence-corrected chi connectivity index (χ4v) is 3.55. The van der Waals surface area contributed by atoms with Gasteiger partial charge in [0, 0.05) is 44.9 Å². The standard InChI is InChI=1S/C17H18N2OS/c1-11(10-13-7-6-12(2)21-13)19-17(20)15-4-3-5-16-14(15)8-9-18-16/h3-9,11,18H,10H2,1-2H3,(H,19,20). The number of carbonyl (C=O) groups excluding carboxylic acids is 1. The highest BCUT2D eigenvalue weighted by Gasteiger charge is 2.13. The van der Waals surface area contributed by atoms with Crippen LogP contribution in [0.1, 0.15) is 27.0 Å². The van der Waals surface area contributed by atoms with Gasteiger partial charge in [-0.25, -0.2) is 0 Å². The Morgan fingerprint density at radius 3 is 2.90 bits per heavy atom. The summed E-state index contributed by atoms with van der Waals surface area (Å²) in [5.41, 5.74) is 1.71. The predicted molar refractivity (Wildman–Crippen MR) is 88.0 cm³/mol. The van der Waals surface area contributed by atoms with E-state index >= 15 is 0 Å². The van der Waals surface area contributed by atoms with Crippen LogP contribution in [0.2, 0.25) is 0 Å². The lowest BCUT2D eigenvalue weighted by molar-refractivity contribution is 0.0942. The molecule has 2 aromatic heterocycles. The van der Waals surface area contributed by atoms with Crippen LogP contribution in [0.15, 0.2) is 42.6 Å². The third-order valence-electron chi connectivity index (χ3n) is 3.52. The van der Waals surface area contributed by atoms with Crippen LogP contribution < -0.4 is 5.32 Å². The van der Waals surface area contributed by atoms with Crippen LogP contribution >= 0.6 is 11.3 Å². The van der Waals surface area contributed by atoms with Crippen LogP contribution in [-0.2, 0) is 6.42 Å². The molecule has 0 spiro atoms. The molecule has 3 rings (SSSR count). The molecule has 0 saturated carbocycles. The number of aromatic amines is 1. The quantitative estimate of drug-likeness (QED) is 0.754. The van der Waals surface area contributed by atoms with Crippen LogP contribution in [-0.4, -0.2) is 16.9 Å². The van der Waals surface area contributed by atoms with Crippen molar-refractivity contribution >= 4 is 28.1 Å². The minimum atomic E-state index is -0.0130. The van der Waals surface area contributed by atoms with Gasteiger partial charge < -0.3 is 10.3 Å². The second-order valence-corrected chi connectivity index (χ2v) is 6.71. The van der Waals surface area contributed by atoms with Gasteiger partial charge in [-0.15, -0.1) is 11.3 Å². The van der Waals surface area contributed by atoms with Gasteiger partial charge in [-0.1, -0.05) is 6.07 Å². The number of H-pyrrole nitrogens is 1. The van der Waals surface area contributed by atoms with E-state index in [4.69, 9.17) is 0 Å². The van der Waals surface area contributed by atoms with E-state index < -0.39 is 0 Å². The SMILES string of the molecule is Cc1ccc(CC(C)NC(=O)c2cccc3[nH]ccc23)s1. The van der Waals surface area contributed by atoms with Crippen LogP contribution in [0.5, 0.6) is 0 Å². The van der Waals surface area contributed by atoms with Gasteiger partial charge >= 0.3 is 0 Å². The Kier molecular flexibility index (Phi) is 3.80. The molecule has 0 bridgehead atoms. The second kappa shape index (κ2) is 5.74. The zero-order chi connectivity index (χ0) is 14.8. The fourth-order valence-electron chi connectivity index (χ4n) is 2.53. The molecule has 0 aliphatic rings. The highest BCUT2D eigenvalue weighted by Crippen LogP contribution is 2.19. The largest absolute Gasteiger partial charge is 0.361 e. The number of carbonyl (C=O) groups is 1. The van der Waals surface area contributed by atoms with E-state index in [0.29, 0.717) is 0 Å². The molecule has 0 aliphatic heterocycles. The van der Waals surface area contributed by atoms with Crippen molar-refractivity contribution in [2.24, 2.45) is 0 Å². The molecule has 1 amide bonds. The number of amides is 1. The molecule has 1 atom stereocenters. The van der Waals surface area contributed by atoms with Crippen molar-refractivity contribution in [3.05, 3.63) is 57.9 Å². The van der Waals surface area contributed by atoms with Crippen LogP contribution in [0.25, 0.3) is 10.9 Å². The summed E-state index contributed by atoms with van der Waals surface area (Å²) in [5.74, 6) is -0.0130. The molecule has 1 aromatic carbocycles. The number of nitrogens with one attached hydrogen (secondary N) is 2. The first-order valence-electron chi connectivity index (χ1n) is 7.06. The minimum Gasteiger partial charge on any atom is -0.361 e. The number of thiophene rings is 1. The maximum absolute atomic E-state index is 12.4. The molecule has 0 radical (unpaired) electrons. The Bertz CT molecular complexity index is 772.